The Bertz CT molecular complexity index is 5840. The Morgan fingerprint density at radius 2 is 0.824 bits per heavy atom. The predicted molar refractivity (Wildman–Crippen MR) is 407 cm³/mol. The van der Waals surface area contributed by atoms with E-state index in [0.29, 0.717) is 111 Å². The van der Waals surface area contributed by atoms with Crippen molar-refractivity contribution < 1.29 is 32.1 Å². The number of nitrogen functional groups attached to an aromatic ring is 2. The van der Waals surface area contributed by atoms with Crippen LogP contribution in [-0.2, 0) is 31.9 Å². The van der Waals surface area contributed by atoms with E-state index in [4.69, 9.17) is 61.8 Å². The van der Waals surface area contributed by atoms with Gasteiger partial charge in [0, 0.05) is 127 Å². The molecule has 8 aromatic carbocycles. The van der Waals surface area contributed by atoms with Gasteiger partial charge in [-0.15, -0.1) is 22.7 Å². The summed E-state index contributed by atoms with van der Waals surface area (Å²) in [7, 11) is 1.59. The molecule has 14 rings (SSSR count). The summed E-state index contributed by atoms with van der Waals surface area (Å²) >= 11 is 20.8. The molecule has 0 saturated carbocycles. The summed E-state index contributed by atoms with van der Waals surface area (Å²) < 4.78 is 61.6. The number of non-ortho nitro benzene ring substituents is 2. The van der Waals surface area contributed by atoms with Crippen LogP contribution in [0.25, 0.3) is 55.3 Å². The van der Waals surface area contributed by atoms with Crippen LogP contribution in [0.5, 0.6) is 5.75 Å². The average Bonchev–Trinajstić information content (AvgIpc) is 1.65. The Kier molecular flexibility index (Phi) is 23.7. The first-order valence-corrected chi connectivity index (χ1v) is 34.7. The summed E-state index contributed by atoms with van der Waals surface area (Å²) in [5, 5.41) is 54.8. The molecule has 0 spiro atoms. The van der Waals surface area contributed by atoms with Gasteiger partial charge in [0.2, 0.25) is 22.2 Å². The van der Waals surface area contributed by atoms with E-state index in [9.17, 15) is 57.0 Å². The predicted octanol–water partition coefficient (Wildman–Crippen LogP) is 15.1. The number of hydrogen-bond acceptors (Lipinski definition) is 15. The molecule has 0 aliphatic heterocycles. The van der Waals surface area contributed by atoms with E-state index in [1.54, 1.807) is 90.9 Å². The van der Waals surface area contributed by atoms with Crippen LogP contribution in [0.4, 0.5) is 28.9 Å². The summed E-state index contributed by atoms with van der Waals surface area (Å²) in [6.07, 6.45) is -0.0511. The van der Waals surface area contributed by atoms with Crippen molar-refractivity contribution in [2.24, 2.45) is 11.5 Å². The third kappa shape index (κ3) is 18.1. The van der Waals surface area contributed by atoms with Crippen LogP contribution in [0, 0.1) is 36.9 Å². The minimum Gasteiger partial charge on any atom is -0.497 e. The number of benzene rings is 8. The van der Waals surface area contributed by atoms with Crippen LogP contribution in [0.15, 0.2) is 236 Å². The fourth-order valence-electron chi connectivity index (χ4n) is 11.2. The molecular weight excluding hydrogens is 1500 g/mol. The fraction of sp³-hybridized carbons (Fsp3) is 0.0811. The topological polar surface area (TPSA) is 372 Å². The number of thiazole rings is 2. The second-order valence-electron chi connectivity index (χ2n) is 23.5. The number of nitro groups is 2. The fourth-order valence-corrected chi connectivity index (χ4v) is 13.0. The molecule has 0 aliphatic carbocycles. The molecule has 0 aliphatic rings. The van der Waals surface area contributed by atoms with Gasteiger partial charge < -0.3 is 16.2 Å². The molecule has 0 fully saturated rings. The van der Waals surface area contributed by atoms with Crippen molar-refractivity contribution in [3.05, 3.63) is 350 Å². The Morgan fingerprint density at radius 3 is 1.14 bits per heavy atom. The van der Waals surface area contributed by atoms with Crippen LogP contribution in [0.2, 0.25) is 15.1 Å². The quantitative estimate of drug-likeness (QED) is 0.0138. The standard InChI is InChI=1S/C20H13ClF3N3OS.C19H13ClN4O3S.C18H17ClN4O2.C17H14FN5O3/c21-15-3-1-2-12(10-15)11-16-17(13-4-6-14(7-5-13)20(22,23)24)26-27(18(16)28)19-25-8-9-29-19;20-14-3-1-2-12(10-14)11-16-17(13-4-6-15(7-5-13)24(26)27)22-23(18(16)25)19-21-8-9-28-19;1-25-14-7-5-12(6-8-14)16-15(17(24)23(22-16)18(20)21)10-11-3-2-4-13(19)9-11;18-12-5-1-10(2-6-12)9-14-15(21-22(16(14)24)17(19)20)11-3-7-13(8-4-11)23(25)26/h1-10,26H,11H2;1-10,22H,11H2;2-9,22H,10H2,1H3,(H3,20,21);1-8,21H,9H2,(H3,19,20). The monoisotopic (exact) mass is 1560 g/mol. The molecule has 0 unspecified atom stereocenters. The molecule has 6 heterocycles. The van der Waals surface area contributed by atoms with E-state index in [1.165, 1.54) is 92.7 Å². The lowest BCUT2D eigenvalue weighted by atomic mass is 10.0. The van der Waals surface area contributed by atoms with Crippen LogP contribution < -0.4 is 38.4 Å². The van der Waals surface area contributed by atoms with Gasteiger partial charge in [0.05, 0.1) is 45.3 Å². The van der Waals surface area contributed by atoms with Gasteiger partial charge in [-0.3, -0.25) is 70.6 Å². The first kappa shape index (κ1) is 76.3. The highest BCUT2D eigenvalue weighted by molar-refractivity contribution is 7.12. The molecule has 0 bridgehead atoms. The Labute approximate surface area is 630 Å². The molecule has 6 aromatic heterocycles. The second kappa shape index (κ2) is 33.5. The van der Waals surface area contributed by atoms with Gasteiger partial charge in [-0.25, -0.2) is 14.4 Å². The van der Waals surface area contributed by atoms with Gasteiger partial charge in [0.15, 0.2) is 0 Å². The second-order valence-corrected chi connectivity index (χ2v) is 26.5. The number of nitrogens with one attached hydrogen (secondary N) is 6. The molecule has 14 aromatic rings. The van der Waals surface area contributed by atoms with Gasteiger partial charge >= 0.3 is 6.18 Å². The third-order valence-corrected chi connectivity index (χ3v) is 18.6. The van der Waals surface area contributed by atoms with Crippen LogP contribution in [-0.4, -0.2) is 78.0 Å². The van der Waals surface area contributed by atoms with E-state index in [0.717, 1.165) is 43.8 Å². The number of nitro benzene ring substituents is 2. The zero-order chi connectivity index (χ0) is 77.1. The maximum atomic E-state index is 13.1. The SMILES string of the molecule is COc1ccc(-c2[nH]n(C(=N)N)c(=O)c2Cc2cccc(Cl)c2)cc1.N=C(N)n1[nH]c(-c2ccc([N+](=O)[O-])cc2)c(Cc2ccc(F)cc2)c1=O.O=c1c(Cc2cccc(Cl)c2)c(-c2ccc(C(F)(F)F)cc2)[nH]n1-c1nccs1.O=c1c(Cc2cccc(Cl)c2)c(-c2ccc([N+](=O)[O-])cc2)[nH]n1-c1nccs1. The maximum absolute atomic E-state index is 13.1. The molecule has 0 saturated heterocycles. The lowest BCUT2D eigenvalue weighted by molar-refractivity contribution is -0.385. The molecular formula is C74H57Cl3F4N16O9S2. The summed E-state index contributed by atoms with van der Waals surface area (Å²) in [4.78, 5) is 80.5. The molecule has 0 amide bonds. The van der Waals surface area contributed by atoms with Crippen molar-refractivity contribution in [1.82, 2.24) is 49.1 Å². The highest BCUT2D eigenvalue weighted by Crippen LogP contribution is 2.34. The molecule has 548 valence electrons. The van der Waals surface area contributed by atoms with Gasteiger partial charge in [0.25, 0.3) is 33.6 Å². The highest BCUT2D eigenvalue weighted by atomic mass is 35.5. The number of nitrogens with zero attached hydrogens (tertiary/aromatic N) is 8. The lowest BCUT2D eigenvalue weighted by Crippen LogP contribution is -2.31. The molecule has 108 heavy (non-hydrogen) atoms. The van der Waals surface area contributed by atoms with Crippen LogP contribution in [0.1, 0.15) is 50.1 Å². The number of rotatable bonds is 17. The number of aromatic amines is 4. The van der Waals surface area contributed by atoms with Gasteiger partial charge in [-0.1, -0.05) is 95.5 Å². The van der Waals surface area contributed by atoms with Gasteiger partial charge in [0.1, 0.15) is 11.6 Å². The van der Waals surface area contributed by atoms with Crippen molar-refractivity contribution in [3.8, 4) is 61.0 Å². The van der Waals surface area contributed by atoms with E-state index < -0.39 is 33.1 Å². The Morgan fingerprint density at radius 1 is 0.491 bits per heavy atom. The van der Waals surface area contributed by atoms with E-state index >= 15 is 0 Å². The maximum Gasteiger partial charge on any atom is 0.416 e. The third-order valence-electron chi connectivity index (χ3n) is 16.4. The largest absolute Gasteiger partial charge is 0.497 e. The zero-order valence-electron chi connectivity index (χ0n) is 56.0. The lowest BCUT2D eigenvalue weighted by Gasteiger charge is -2.08. The smallest absolute Gasteiger partial charge is 0.416 e. The molecule has 0 atom stereocenters. The minimum atomic E-state index is -4.43. The number of hydrogen-bond donors (Lipinski definition) is 8. The van der Waals surface area contributed by atoms with E-state index in [2.05, 4.69) is 30.4 Å². The number of H-pyrrole nitrogens is 4. The summed E-state index contributed by atoms with van der Waals surface area (Å²) in [6.45, 7) is 0. The number of methoxy groups -OCH3 is 1. The number of ether oxygens (including phenoxy) is 1. The van der Waals surface area contributed by atoms with Crippen molar-refractivity contribution in [1.29, 1.82) is 10.8 Å². The number of nitrogens with two attached hydrogens (primary N) is 2. The molecule has 0 radical (unpaired) electrons. The summed E-state index contributed by atoms with van der Waals surface area (Å²) in [6, 6.07) is 51.1. The first-order valence-electron chi connectivity index (χ1n) is 31.8. The Balaban J connectivity index is 0.000000144. The van der Waals surface area contributed by atoms with Crippen LogP contribution >= 0.6 is 57.5 Å². The van der Waals surface area contributed by atoms with Crippen molar-refractivity contribution >= 4 is 80.8 Å². The van der Waals surface area contributed by atoms with Crippen LogP contribution in [0.3, 0.4) is 0 Å². The number of halogens is 7. The average molecular weight is 1560 g/mol. The van der Waals surface area contributed by atoms with Gasteiger partial charge in [-0.2, -0.15) is 31.9 Å². The Hall–Kier alpha value is -12.8. The normalized spacial score (nSPS) is 11.0. The molecule has 34 heteroatoms. The van der Waals surface area contributed by atoms with E-state index in [1.807, 2.05) is 60.7 Å². The molecule has 25 nitrogen and oxygen atoms in total. The summed E-state index contributed by atoms with van der Waals surface area (Å²) in [5.74, 6) is -0.520. The highest BCUT2D eigenvalue weighted by Gasteiger charge is 2.31. The zero-order valence-corrected chi connectivity index (χ0v) is 59.9. The van der Waals surface area contributed by atoms with Crippen molar-refractivity contribution in [2.75, 3.05) is 7.11 Å². The summed E-state index contributed by atoms with van der Waals surface area (Å²) in [5.41, 5.74) is 18.3. The first-order chi connectivity index (χ1) is 51.7. The number of alkyl halides is 3. The van der Waals surface area contributed by atoms with Crippen molar-refractivity contribution in [3.63, 3.8) is 0 Å². The van der Waals surface area contributed by atoms with Gasteiger partial charge in [-0.05, 0) is 137 Å². The molecule has 10 N–H and O–H groups in total. The minimum absolute atomic E-state index is 0.0122. The number of aromatic nitrogens is 10. The van der Waals surface area contributed by atoms with E-state index in [-0.39, 0.29) is 52.7 Å². The van der Waals surface area contributed by atoms with Crippen molar-refractivity contribution in [2.45, 2.75) is 31.9 Å².